The summed E-state index contributed by atoms with van der Waals surface area (Å²) in [6, 6.07) is 1.56. The van der Waals surface area contributed by atoms with Crippen LogP contribution in [0, 0.1) is 17.5 Å². The number of cyclic esters (lactones) is 1. The van der Waals surface area contributed by atoms with E-state index in [1.54, 1.807) is 0 Å². The molecule has 21 heavy (non-hydrogen) atoms. The van der Waals surface area contributed by atoms with Crippen LogP contribution in [0.15, 0.2) is 12.1 Å². The molecule has 0 unspecified atom stereocenters. The van der Waals surface area contributed by atoms with E-state index in [1.165, 1.54) is 4.90 Å². The monoisotopic (exact) mass is 302 g/mol. The quantitative estimate of drug-likeness (QED) is 0.665. The maximum atomic E-state index is 13.4. The highest BCUT2D eigenvalue weighted by atomic mass is 19.2. The van der Waals surface area contributed by atoms with Gasteiger partial charge in [0.15, 0.2) is 17.5 Å². The molecule has 0 aliphatic carbocycles. The van der Waals surface area contributed by atoms with Crippen LogP contribution in [-0.4, -0.2) is 43.1 Å². The van der Waals surface area contributed by atoms with Crippen molar-refractivity contribution in [3.05, 3.63) is 35.1 Å². The minimum absolute atomic E-state index is 0.168. The number of rotatable bonds is 5. The Labute approximate surface area is 118 Å². The summed E-state index contributed by atoms with van der Waals surface area (Å²) in [5, 5.41) is 2.38. The van der Waals surface area contributed by atoms with Crippen molar-refractivity contribution in [3.63, 3.8) is 0 Å². The zero-order valence-corrected chi connectivity index (χ0v) is 11.0. The Morgan fingerprint density at radius 3 is 2.71 bits per heavy atom. The van der Waals surface area contributed by atoms with E-state index < -0.39 is 35.0 Å². The third kappa shape index (κ3) is 3.45. The van der Waals surface area contributed by atoms with Gasteiger partial charge in [-0.25, -0.2) is 18.0 Å². The molecule has 5 nitrogen and oxygen atoms in total. The fourth-order valence-corrected chi connectivity index (χ4v) is 1.90. The van der Waals surface area contributed by atoms with Gasteiger partial charge in [0.25, 0.3) is 5.91 Å². The summed E-state index contributed by atoms with van der Waals surface area (Å²) in [7, 11) is 0. The van der Waals surface area contributed by atoms with Gasteiger partial charge < -0.3 is 15.0 Å². The minimum Gasteiger partial charge on any atom is -0.448 e. The number of carbonyl (C=O) groups excluding carboxylic acids is 2. The van der Waals surface area contributed by atoms with Gasteiger partial charge in [-0.2, -0.15) is 0 Å². The molecule has 1 aliphatic heterocycles. The van der Waals surface area contributed by atoms with Crippen LogP contribution in [0.5, 0.6) is 0 Å². The lowest BCUT2D eigenvalue weighted by atomic mass is 10.2. The zero-order valence-electron chi connectivity index (χ0n) is 11.0. The van der Waals surface area contributed by atoms with Gasteiger partial charge in [0.1, 0.15) is 6.61 Å². The number of amides is 2. The van der Waals surface area contributed by atoms with Crippen LogP contribution in [0.3, 0.4) is 0 Å². The maximum Gasteiger partial charge on any atom is 0.409 e. The Morgan fingerprint density at radius 1 is 1.29 bits per heavy atom. The van der Waals surface area contributed by atoms with Crippen molar-refractivity contribution in [3.8, 4) is 0 Å². The highest BCUT2D eigenvalue weighted by Crippen LogP contribution is 2.15. The standard InChI is InChI=1S/C13H13F3N2O3/c14-9-3-2-8(10(15)11(9)16)12(19)17-4-1-5-18-6-7-21-13(18)20/h2-3H,1,4-7H2,(H,17,19). The molecule has 114 valence electrons. The molecule has 0 radical (unpaired) electrons. The van der Waals surface area contributed by atoms with Crippen LogP contribution in [0.25, 0.3) is 0 Å². The van der Waals surface area contributed by atoms with Crippen molar-refractivity contribution in [2.75, 3.05) is 26.2 Å². The number of nitrogens with one attached hydrogen (secondary N) is 1. The van der Waals surface area contributed by atoms with Gasteiger partial charge >= 0.3 is 6.09 Å². The molecular weight excluding hydrogens is 289 g/mol. The largest absolute Gasteiger partial charge is 0.448 e. The van der Waals surface area contributed by atoms with Gasteiger partial charge in [-0.05, 0) is 18.6 Å². The first kappa shape index (κ1) is 15.1. The Bertz CT molecular complexity index is 566. The highest BCUT2D eigenvalue weighted by Gasteiger charge is 2.21. The van der Waals surface area contributed by atoms with E-state index in [0.29, 0.717) is 32.2 Å². The first-order chi connectivity index (χ1) is 10.0. The highest BCUT2D eigenvalue weighted by molar-refractivity contribution is 5.94. The number of carbonyl (C=O) groups is 2. The van der Waals surface area contributed by atoms with Gasteiger partial charge in [0.2, 0.25) is 0 Å². The summed E-state index contributed by atoms with van der Waals surface area (Å²) in [6.45, 7) is 1.39. The normalized spacial score (nSPS) is 14.2. The fraction of sp³-hybridized carbons (Fsp3) is 0.385. The first-order valence-corrected chi connectivity index (χ1v) is 6.34. The van der Waals surface area contributed by atoms with Gasteiger partial charge in [0.05, 0.1) is 12.1 Å². The third-order valence-electron chi connectivity index (χ3n) is 3.02. The average Bonchev–Trinajstić information content (AvgIpc) is 2.86. The number of benzene rings is 1. The smallest absolute Gasteiger partial charge is 0.409 e. The lowest BCUT2D eigenvalue weighted by Crippen LogP contribution is -2.31. The molecule has 0 saturated carbocycles. The van der Waals surface area contributed by atoms with Crippen molar-refractivity contribution in [1.82, 2.24) is 10.2 Å². The molecule has 1 aromatic carbocycles. The summed E-state index contributed by atoms with van der Waals surface area (Å²) in [5.74, 6) is -5.38. The van der Waals surface area contributed by atoms with Crippen LogP contribution < -0.4 is 5.32 Å². The minimum atomic E-state index is -1.68. The number of nitrogens with zero attached hydrogens (tertiary/aromatic N) is 1. The topological polar surface area (TPSA) is 58.6 Å². The SMILES string of the molecule is O=C(NCCCN1CCOC1=O)c1ccc(F)c(F)c1F. The Balaban J connectivity index is 1.82. The number of ether oxygens (including phenoxy) is 1. The van der Waals surface area contributed by atoms with Crippen molar-refractivity contribution in [2.45, 2.75) is 6.42 Å². The summed E-state index contributed by atoms with van der Waals surface area (Å²) >= 11 is 0. The molecule has 1 aromatic rings. The summed E-state index contributed by atoms with van der Waals surface area (Å²) in [6.07, 6.45) is 0.0274. The second-order valence-electron chi connectivity index (χ2n) is 4.43. The van der Waals surface area contributed by atoms with E-state index in [4.69, 9.17) is 4.74 Å². The molecule has 1 heterocycles. The summed E-state index contributed by atoms with van der Waals surface area (Å²) < 4.78 is 43.8. The number of halogens is 3. The molecule has 1 N–H and O–H groups in total. The Kier molecular flexibility index (Phi) is 4.66. The van der Waals surface area contributed by atoms with E-state index in [1.807, 2.05) is 0 Å². The molecule has 0 atom stereocenters. The lowest BCUT2D eigenvalue weighted by molar-refractivity contribution is 0.0947. The average molecular weight is 302 g/mol. The zero-order chi connectivity index (χ0) is 15.4. The van der Waals surface area contributed by atoms with Crippen LogP contribution in [0.2, 0.25) is 0 Å². The molecule has 1 aliphatic rings. The molecule has 2 amide bonds. The molecular formula is C13H13F3N2O3. The molecule has 1 fully saturated rings. The van der Waals surface area contributed by atoms with Crippen molar-refractivity contribution in [2.24, 2.45) is 0 Å². The van der Waals surface area contributed by atoms with E-state index in [2.05, 4.69) is 5.32 Å². The molecule has 2 rings (SSSR count). The van der Waals surface area contributed by atoms with Gasteiger partial charge in [-0.15, -0.1) is 0 Å². The lowest BCUT2D eigenvalue weighted by Gasteiger charge is -2.12. The number of hydrogen-bond acceptors (Lipinski definition) is 3. The van der Waals surface area contributed by atoms with E-state index in [-0.39, 0.29) is 6.54 Å². The second-order valence-corrected chi connectivity index (χ2v) is 4.43. The van der Waals surface area contributed by atoms with Crippen molar-refractivity contribution >= 4 is 12.0 Å². The van der Waals surface area contributed by atoms with Crippen LogP contribution in [0.4, 0.5) is 18.0 Å². The fourth-order valence-electron chi connectivity index (χ4n) is 1.90. The molecule has 1 saturated heterocycles. The van der Waals surface area contributed by atoms with E-state index >= 15 is 0 Å². The Hall–Kier alpha value is -2.25. The third-order valence-corrected chi connectivity index (χ3v) is 3.02. The van der Waals surface area contributed by atoms with Gasteiger partial charge in [-0.3, -0.25) is 4.79 Å². The first-order valence-electron chi connectivity index (χ1n) is 6.34. The molecule has 0 aromatic heterocycles. The van der Waals surface area contributed by atoms with Gasteiger partial charge in [-0.1, -0.05) is 0 Å². The second kappa shape index (κ2) is 6.47. The van der Waals surface area contributed by atoms with Crippen LogP contribution in [0.1, 0.15) is 16.8 Å². The molecule has 8 heteroatoms. The van der Waals surface area contributed by atoms with E-state index in [0.717, 1.165) is 6.07 Å². The van der Waals surface area contributed by atoms with E-state index in [9.17, 15) is 22.8 Å². The molecule has 0 spiro atoms. The van der Waals surface area contributed by atoms with Crippen LogP contribution in [-0.2, 0) is 4.74 Å². The number of hydrogen-bond donors (Lipinski definition) is 1. The van der Waals surface area contributed by atoms with Crippen molar-refractivity contribution < 1.29 is 27.5 Å². The molecule has 0 bridgehead atoms. The van der Waals surface area contributed by atoms with Crippen LogP contribution >= 0.6 is 0 Å². The maximum absolute atomic E-state index is 13.4. The summed E-state index contributed by atoms with van der Waals surface area (Å²) in [4.78, 5) is 24.2. The van der Waals surface area contributed by atoms with Gasteiger partial charge in [0, 0.05) is 13.1 Å². The van der Waals surface area contributed by atoms with Crippen molar-refractivity contribution in [1.29, 1.82) is 0 Å². The Morgan fingerprint density at radius 2 is 2.05 bits per heavy atom. The predicted molar refractivity (Wildman–Crippen MR) is 66.2 cm³/mol. The summed E-state index contributed by atoms with van der Waals surface area (Å²) in [5.41, 5.74) is -0.561. The predicted octanol–water partition coefficient (Wildman–Crippen LogP) is 1.68.